The first kappa shape index (κ1) is 30.9. The molecular weight excluding hydrogens is 550 g/mol. The number of benzene rings is 2. The van der Waals surface area contributed by atoms with Crippen molar-refractivity contribution in [2.24, 2.45) is 22.9 Å². The molecule has 2 aromatic carbocycles. The smallest absolute Gasteiger partial charge is 0.404 e. The number of oxime groups is 1. The molecule has 2 heterocycles. The number of nitrogens with one attached hydrogen (secondary N) is 1. The van der Waals surface area contributed by atoms with Crippen LogP contribution in [0.5, 0.6) is 0 Å². The number of rotatable bonds is 12. The van der Waals surface area contributed by atoms with Crippen molar-refractivity contribution >= 4 is 22.3 Å². The summed E-state index contributed by atoms with van der Waals surface area (Å²) < 4.78 is 41.8. The first-order valence-electron chi connectivity index (χ1n) is 13.9. The van der Waals surface area contributed by atoms with Crippen LogP contribution in [0.3, 0.4) is 0 Å². The van der Waals surface area contributed by atoms with E-state index >= 15 is 0 Å². The zero-order valence-electron chi connectivity index (χ0n) is 23.2. The van der Waals surface area contributed by atoms with Crippen molar-refractivity contribution in [1.82, 2.24) is 9.62 Å². The maximum Gasteiger partial charge on any atom is 0.404 e. The summed E-state index contributed by atoms with van der Waals surface area (Å²) >= 11 is 0. The van der Waals surface area contributed by atoms with Crippen LogP contribution in [-0.4, -0.2) is 84.7 Å². The zero-order valence-corrected chi connectivity index (χ0v) is 24.1. The molecule has 0 aliphatic carbocycles. The lowest BCUT2D eigenvalue weighted by Gasteiger charge is -2.43. The van der Waals surface area contributed by atoms with E-state index in [0.717, 1.165) is 18.4 Å². The van der Waals surface area contributed by atoms with Crippen LogP contribution >= 0.6 is 0 Å². The number of hydrogen-bond donors (Lipinski definition) is 4. The third-order valence-electron chi connectivity index (χ3n) is 7.70. The molecule has 4 rings (SSSR count). The molecule has 2 unspecified atom stereocenters. The van der Waals surface area contributed by atoms with Crippen LogP contribution in [0, 0.1) is 17.8 Å². The Morgan fingerprint density at radius 3 is 2.49 bits per heavy atom. The number of sulfonamides is 1. The van der Waals surface area contributed by atoms with Gasteiger partial charge in [0.25, 0.3) is 0 Å². The summed E-state index contributed by atoms with van der Waals surface area (Å²) in [6.45, 7) is 4.57. The van der Waals surface area contributed by atoms with Gasteiger partial charge in [-0.25, -0.2) is 13.2 Å². The minimum Gasteiger partial charge on any atom is -0.465 e. The van der Waals surface area contributed by atoms with Crippen molar-refractivity contribution in [3.8, 4) is 0 Å². The number of nitrogens with zero attached hydrogens (tertiary/aromatic N) is 2. The largest absolute Gasteiger partial charge is 0.465 e. The Morgan fingerprint density at radius 2 is 1.85 bits per heavy atom. The van der Waals surface area contributed by atoms with Gasteiger partial charge in [0, 0.05) is 25.0 Å². The van der Waals surface area contributed by atoms with Crippen LogP contribution in [0.1, 0.15) is 37.8 Å². The van der Waals surface area contributed by atoms with Crippen LogP contribution in [0.25, 0.3) is 0 Å². The second kappa shape index (κ2) is 13.8. The van der Waals surface area contributed by atoms with Gasteiger partial charge in [-0.1, -0.05) is 61.5 Å². The van der Waals surface area contributed by atoms with E-state index in [2.05, 4.69) is 10.5 Å². The van der Waals surface area contributed by atoms with Crippen LogP contribution < -0.4 is 5.32 Å². The van der Waals surface area contributed by atoms with E-state index in [9.17, 15) is 23.4 Å². The number of carbonyl (C=O) groups is 1. The van der Waals surface area contributed by atoms with Gasteiger partial charge in [0.05, 0.1) is 35.9 Å². The molecule has 11 nitrogen and oxygen atoms in total. The molecule has 224 valence electrons. The van der Waals surface area contributed by atoms with Crippen molar-refractivity contribution in [3.63, 3.8) is 0 Å². The Labute approximate surface area is 240 Å². The molecule has 2 saturated heterocycles. The highest BCUT2D eigenvalue weighted by Crippen LogP contribution is 2.41. The first-order valence-corrected chi connectivity index (χ1v) is 15.3. The third-order valence-corrected chi connectivity index (χ3v) is 9.57. The fraction of sp³-hybridized carbons (Fsp3) is 0.517. The Kier molecular flexibility index (Phi) is 10.4. The van der Waals surface area contributed by atoms with E-state index in [1.807, 2.05) is 44.2 Å². The Hall–Kier alpha value is -3.03. The molecule has 0 bridgehead atoms. The van der Waals surface area contributed by atoms with E-state index in [-0.39, 0.29) is 36.3 Å². The Balaban J connectivity index is 1.80. The molecule has 1 amide bonds. The summed E-state index contributed by atoms with van der Waals surface area (Å²) in [5, 5.41) is 36.1. The van der Waals surface area contributed by atoms with Gasteiger partial charge >= 0.3 is 6.09 Å². The molecular formula is C29H39N3O8S. The number of carboxylic acid groups (broad SMARTS) is 1. The van der Waals surface area contributed by atoms with Crippen LogP contribution in [0.15, 0.2) is 64.6 Å². The molecule has 0 aromatic heterocycles. The molecule has 2 aromatic rings. The maximum absolute atomic E-state index is 14.3. The number of hydrogen-bond acceptors (Lipinski definition) is 8. The van der Waals surface area contributed by atoms with E-state index < -0.39 is 46.5 Å². The highest BCUT2D eigenvalue weighted by Gasteiger charge is 2.51. The highest BCUT2D eigenvalue weighted by molar-refractivity contribution is 7.89. The second-order valence-electron chi connectivity index (χ2n) is 11.1. The van der Waals surface area contributed by atoms with E-state index in [0.29, 0.717) is 12.2 Å². The molecule has 4 N–H and O–H groups in total. The SMILES string of the molecule is CC(C)CN(C(C1CO[C@@H]2OCCC[C@H]12)[C@H](O)[C@H](Cc1ccccc1)NC(=O)O)S(=O)(=O)c1ccc(C=NO)cc1. The van der Waals surface area contributed by atoms with Gasteiger partial charge in [0.1, 0.15) is 0 Å². The van der Waals surface area contributed by atoms with Gasteiger partial charge < -0.3 is 30.2 Å². The molecule has 0 spiro atoms. The van der Waals surface area contributed by atoms with Crippen LogP contribution in [-0.2, 0) is 25.9 Å². The summed E-state index contributed by atoms with van der Waals surface area (Å²) in [6.07, 6.45) is -0.370. The predicted octanol–water partition coefficient (Wildman–Crippen LogP) is 3.15. The van der Waals surface area contributed by atoms with Gasteiger partial charge in [-0.3, -0.25) is 0 Å². The number of amides is 1. The zero-order chi connectivity index (χ0) is 29.6. The number of fused-ring (bicyclic) bond motifs is 1. The molecule has 0 saturated carbocycles. The van der Waals surface area contributed by atoms with E-state index in [4.69, 9.17) is 14.7 Å². The monoisotopic (exact) mass is 589 g/mol. The molecule has 2 fully saturated rings. The molecule has 41 heavy (non-hydrogen) atoms. The fourth-order valence-corrected chi connectivity index (χ4v) is 7.72. The summed E-state index contributed by atoms with van der Waals surface area (Å²) in [4.78, 5) is 11.9. The lowest BCUT2D eigenvalue weighted by atomic mass is 9.79. The topological polar surface area (TPSA) is 158 Å². The highest BCUT2D eigenvalue weighted by atomic mass is 32.2. The van der Waals surface area contributed by atoms with Gasteiger partial charge in [-0.2, -0.15) is 4.31 Å². The fourth-order valence-electron chi connectivity index (χ4n) is 5.87. The van der Waals surface area contributed by atoms with Crippen molar-refractivity contribution in [1.29, 1.82) is 0 Å². The Bertz CT molecular complexity index is 1270. The van der Waals surface area contributed by atoms with Crippen LogP contribution in [0.2, 0.25) is 0 Å². The number of aliphatic hydroxyl groups is 1. The minimum absolute atomic E-state index is 0.00611. The normalized spacial score (nSPS) is 23.4. The van der Waals surface area contributed by atoms with Crippen molar-refractivity contribution in [3.05, 3.63) is 65.7 Å². The standard InChI is InChI=1S/C29H39N3O8S/c1-19(2)17-32(41(37,38)22-12-10-21(11-13-22)16-30-36)26(24-18-40-28-23(24)9-6-14-39-28)27(33)25(31-29(34)35)15-20-7-4-3-5-8-20/h3-5,7-8,10-13,16,19,23-28,31,33,36H,6,9,14-15,17-18H2,1-2H3,(H,34,35)/t23-,24?,25+,26?,27-,28+/m1/s1. The van der Waals surface area contributed by atoms with Crippen LogP contribution in [0.4, 0.5) is 4.79 Å². The molecule has 12 heteroatoms. The van der Waals surface area contributed by atoms with Crippen molar-refractivity contribution in [2.45, 2.75) is 62.5 Å². The number of aliphatic hydroxyl groups excluding tert-OH is 1. The molecule has 0 radical (unpaired) electrons. The van der Waals surface area contributed by atoms with Crippen molar-refractivity contribution in [2.75, 3.05) is 19.8 Å². The average Bonchev–Trinajstić information content (AvgIpc) is 3.37. The molecule has 6 atom stereocenters. The maximum atomic E-state index is 14.3. The second-order valence-corrected chi connectivity index (χ2v) is 12.9. The summed E-state index contributed by atoms with van der Waals surface area (Å²) in [5.74, 6) is -0.724. The Morgan fingerprint density at radius 1 is 1.15 bits per heavy atom. The van der Waals surface area contributed by atoms with E-state index in [1.54, 1.807) is 0 Å². The lowest BCUT2D eigenvalue weighted by Crippen LogP contribution is -2.60. The summed E-state index contributed by atoms with van der Waals surface area (Å²) in [5.41, 5.74) is 1.31. The van der Waals surface area contributed by atoms with Gasteiger partial charge in [0.2, 0.25) is 10.0 Å². The molecule has 2 aliphatic rings. The number of ether oxygens (including phenoxy) is 2. The minimum atomic E-state index is -4.19. The van der Waals surface area contributed by atoms with E-state index in [1.165, 1.54) is 34.8 Å². The first-order chi connectivity index (χ1) is 19.6. The summed E-state index contributed by atoms with van der Waals surface area (Å²) in [7, 11) is -4.19. The molecule has 2 aliphatic heterocycles. The lowest BCUT2D eigenvalue weighted by molar-refractivity contribution is -0.152. The average molecular weight is 590 g/mol. The van der Waals surface area contributed by atoms with Gasteiger partial charge in [-0.05, 0) is 48.4 Å². The quantitative estimate of drug-likeness (QED) is 0.167. The third kappa shape index (κ3) is 7.44. The van der Waals surface area contributed by atoms with Gasteiger partial charge in [-0.15, -0.1) is 0 Å². The van der Waals surface area contributed by atoms with Crippen molar-refractivity contribution < 1.29 is 38.1 Å². The summed E-state index contributed by atoms with van der Waals surface area (Å²) in [6, 6.07) is 13.1. The van der Waals surface area contributed by atoms with Gasteiger partial charge in [0.15, 0.2) is 6.29 Å². The predicted molar refractivity (Wildman–Crippen MR) is 151 cm³/mol.